The summed E-state index contributed by atoms with van der Waals surface area (Å²) in [5.74, 6) is -0.0411. The van der Waals surface area contributed by atoms with Crippen molar-refractivity contribution in [3.8, 4) is 21.7 Å². The third-order valence-electron chi connectivity index (χ3n) is 3.11. The molecule has 7 heteroatoms. The molecule has 3 aromatic rings. The Labute approximate surface area is 138 Å². The number of halogens is 3. The molecule has 0 spiro atoms. The number of hydrogen-bond donors (Lipinski definition) is 1. The molecule has 0 atom stereocenters. The van der Waals surface area contributed by atoms with Crippen LogP contribution in [0.25, 0.3) is 21.7 Å². The normalized spacial score (nSPS) is 11.0. The summed E-state index contributed by atoms with van der Waals surface area (Å²) in [5, 5.41) is 4.72. The molecule has 3 nitrogen and oxygen atoms in total. The number of nitrogen functional groups attached to an aromatic ring is 1. The molecule has 0 radical (unpaired) electrons. The van der Waals surface area contributed by atoms with Crippen molar-refractivity contribution in [2.75, 3.05) is 5.73 Å². The highest BCUT2D eigenvalue weighted by Gasteiger charge is 2.23. The van der Waals surface area contributed by atoms with Gasteiger partial charge in [-0.25, -0.2) is 4.39 Å². The summed E-state index contributed by atoms with van der Waals surface area (Å²) in [7, 11) is 1.72. The van der Waals surface area contributed by atoms with Gasteiger partial charge in [0.1, 0.15) is 17.3 Å². The van der Waals surface area contributed by atoms with Crippen LogP contribution in [0, 0.1) is 5.82 Å². The molecule has 0 amide bonds. The van der Waals surface area contributed by atoms with E-state index in [4.69, 9.17) is 17.3 Å². The van der Waals surface area contributed by atoms with Gasteiger partial charge in [0.15, 0.2) is 0 Å². The first-order valence-electron chi connectivity index (χ1n) is 6.01. The van der Waals surface area contributed by atoms with Gasteiger partial charge in [-0.1, -0.05) is 17.7 Å². The SMILES string of the molecule is Cn1nc(-c2ccc(Br)s2)c(-c2c(F)cccc2Cl)c1N. The molecule has 21 heavy (non-hydrogen) atoms. The van der Waals surface area contributed by atoms with Crippen molar-refractivity contribution >= 4 is 44.7 Å². The van der Waals surface area contributed by atoms with Gasteiger partial charge in [-0.3, -0.25) is 4.68 Å². The zero-order chi connectivity index (χ0) is 15.1. The second-order valence-corrected chi connectivity index (χ2v) is 7.30. The minimum absolute atomic E-state index is 0.282. The van der Waals surface area contributed by atoms with E-state index in [-0.39, 0.29) is 5.56 Å². The number of aryl methyl sites for hydroxylation is 1. The second kappa shape index (κ2) is 5.44. The number of nitrogens with two attached hydrogens (primary N) is 1. The predicted octanol–water partition coefficient (Wildman–Crippen LogP) is 4.95. The summed E-state index contributed by atoms with van der Waals surface area (Å²) < 4.78 is 16.7. The molecule has 0 aliphatic carbocycles. The lowest BCUT2D eigenvalue weighted by Crippen LogP contribution is -1.98. The summed E-state index contributed by atoms with van der Waals surface area (Å²) in [5.41, 5.74) is 7.51. The number of benzene rings is 1. The van der Waals surface area contributed by atoms with Crippen molar-refractivity contribution in [2.24, 2.45) is 7.05 Å². The quantitative estimate of drug-likeness (QED) is 0.677. The molecular formula is C14H10BrClFN3S. The van der Waals surface area contributed by atoms with Crippen molar-refractivity contribution in [2.45, 2.75) is 0 Å². The number of rotatable bonds is 2. The smallest absolute Gasteiger partial charge is 0.132 e. The zero-order valence-electron chi connectivity index (χ0n) is 10.9. The number of nitrogens with zero attached hydrogens (tertiary/aromatic N) is 2. The molecule has 0 aliphatic rings. The Morgan fingerprint density at radius 2 is 2.05 bits per heavy atom. The Kier molecular flexibility index (Phi) is 3.77. The van der Waals surface area contributed by atoms with Gasteiger partial charge in [0.2, 0.25) is 0 Å². The summed E-state index contributed by atoms with van der Waals surface area (Å²) in [6, 6.07) is 8.39. The van der Waals surface area contributed by atoms with Gasteiger partial charge in [0, 0.05) is 12.6 Å². The molecule has 0 unspecified atom stereocenters. The van der Waals surface area contributed by atoms with Gasteiger partial charge in [-0.15, -0.1) is 11.3 Å². The third-order valence-corrected chi connectivity index (χ3v) is 5.06. The van der Waals surface area contributed by atoms with E-state index in [1.807, 2.05) is 12.1 Å². The molecule has 2 heterocycles. The lowest BCUT2D eigenvalue weighted by atomic mass is 10.0. The van der Waals surface area contributed by atoms with Crippen molar-refractivity contribution < 1.29 is 4.39 Å². The monoisotopic (exact) mass is 385 g/mol. The van der Waals surface area contributed by atoms with Gasteiger partial charge in [-0.05, 0) is 40.2 Å². The molecule has 0 fully saturated rings. The number of aromatic nitrogens is 2. The van der Waals surface area contributed by atoms with Crippen LogP contribution in [0.5, 0.6) is 0 Å². The highest BCUT2D eigenvalue weighted by molar-refractivity contribution is 9.11. The van der Waals surface area contributed by atoms with Crippen LogP contribution in [0.2, 0.25) is 5.02 Å². The molecule has 0 saturated heterocycles. The molecule has 2 N–H and O–H groups in total. The lowest BCUT2D eigenvalue weighted by molar-refractivity contribution is 0.631. The maximum Gasteiger partial charge on any atom is 0.132 e. The Bertz CT molecular complexity index is 807. The van der Waals surface area contributed by atoms with Crippen molar-refractivity contribution in [3.05, 3.63) is 45.0 Å². The average Bonchev–Trinajstić information content (AvgIpc) is 2.97. The largest absolute Gasteiger partial charge is 0.383 e. The second-order valence-electron chi connectivity index (χ2n) is 4.43. The minimum atomic E-state index is -0.418. The van der Waals surface area contributed by atoms with E-state index >= 15 is 0 Å². The van der Waals surface area contributed by atoms with Crippen LogP contribution >= 0.6 is 38.9 Å². The lowest BCUT2D eigenvalue weighted by Gasteiger charge is -2.07. The van der Waals surface area contributed by atoms with E-state index in [1.165, 1.54) is 22.1 Å². The fraction of sp³-hybridized carbons (Fsp3) is 0.0714. The standard InChI is InChI=1S/C14H10BrClFN3S/c1-20-14(18)12(11-7(16)3-2-4-8(11)17)13(19-20)9-5-6-10(15)21-9/h2-6H,18H2,1H3. The summed E-state index contributed by atoms with van der Waals surface area (Å²) in [6.45, 7) is 0. The summed E-state index contributed by atoms with van der Waals surface area (Å²) in [6.07, 6.45) is 0. The molecular weight excluding hydrogens is 377 g/mol. The molecule has 108 valence electrons. The minimum Gasteiger partial charge on any atom is -0.383 e. The van der Waals surface area contributed by atoms with Crippen LogP contribution in [0.3, 0.4) is 0 Å². The van der Waals surface area contributed by atoms with E-state index < -0.39 is 5.82 Å². The number of thiophene rings is 1. The van der Waals surface area contributed by atoms with Crippen molar-refractivity contribution in [1.82, 2.24) is 9.78 Å². The first-order chi connectivity index (χ1) is 9.99. The number of hydrogen-bond acceptors (Lipinski definition) is 3. The Hall–Kier alpha value is -1.37. The summed E-state index contributed by atoms with van der Waals surface area (Å²) >= 11 is 11.1. The molecule has 0 saturated carbocycles. The van der Waals surface area contributed by atoms with E-state index in [0.29, 0.717) is 22.1 Å². The predicted molar refractivity (Wildman–Crippen MR) is 89.0 cm³/mol. The van der Waals surface area contributed by atoms with Gasteiger partial charge in [0.05, 0.1) is 19.2 Å². The first-order valence-corrected chi connectivity index (χ1v) is 8.00. The molecule has 0 aliphatic heterocycles. The maximum absolute atomic E-state index is 14.2. The number of anilines is 1. The van der Waals surface area contributed by atoms with Crippen LogP contribution in [0.4, 0.5) is 10.2 Å². The van der Waals surface area contributed by atoms with Crippen molar-refractivity contribution in [1.29, 1.82) is 0 Å². The molecule has 2 aromatic heterocycles. The van der Waals surface area contributed by atoms with Crippen LogP contribution in [0.1, 0.15) is 0 Å². The van der Waals surface area contributed by atoms with Gasteiger partial charge < -0.3 is 5.73 Å². The topological polar surface area (TPSA) is 43.8 Å². The summed E-state index contributed by atoms with van der Waals surface area (Å²) in [4.78, 5) is 0.892. The Morgan fingerprint density at radius 3 is 2.67 bits per heavy atom. The van der Waals surface area contributed by atoms with Gasteiger partial charge in [-0.2, -0.15) is 5.10 Å². The van der Waals surface area contributed by atoms with Crippen LogP contribution in [0.15, 0.2) is 34.1 Å². The van der Waals surface area contributed by atoms with E-state index in [9.17, 15) is 4.39 Å². The van der Waals surface area contributed by atoms with Crippen LogP contribution in [-0.2, 0) is 7.05 Å². The van der Waals surface area contributed by atoms with E-state index in [2.05, 4.69) is 21.0 Å². The molecule has 3 rings (SSSR count). The fourth-order valence-electron chi connectivity index (χ4n) is 2.13. The molecule has 0 bridgehead atoms. The Morgan fingerprint density at radius 1 is 1.29 bits per heavy atom. The average molecular weight is 387 g/mol. The maximum atomic E-state index is 14.2. The van der Waals surface area contributed by atoms with Crippen LogP contribution < -0.4 is 5.73 Å². The van der Waals surface area contributed by atoms with Crippen LogP contribution in [-0.4, -0.2) is 9.78 Å². The highest BCUT2D eigenvalue weighted by atomic mass is 79.9. The fourth-order valence-corrected chi connectivity index (χ4v) is 3.77. The molecule has 1 aromatic carbocycles. The third kappa shape index (κ3) is 2.47. The highest BCUT2D eigenvalue weighted by Crippen LogP contribution is 2.43. The first kappa shape index (κ1) is 14.6. The van der Waals surface area contributed by atoms with E-state index in [1.54, 1.807) is 19.2 Å². The van der Waals surface area contributed by atoms with E-state index in [0.717, 1.165) is 8.66 Å². The Balaban J connectivity index is 2.32. The van der Waals surface area contributed by atoms with Gasteiger partial charge in [0.25, 0.3) is 0 Å². The van der Waals surface area contributed by atoms with Gasteiger partial charge >= 0.3 is 0 Å². The zero-order valence-corrected chi connectivity index (χ0v) is 14.1. The van der Waals surface area contributed by atoms with Crippen molar-refractivity contribution in [3.63, 3.8) is 0 Å².